The number of aliphatic carboxylic acids is 1. The number of alkyl carbamates (subject to hydrolysis) is 1. The molecule has 2 aliphatic carbocycles. The molecule has 186 valence electrons. The zero-order chi connectivity index (χ0) is 25.0. The molecule has 2 aliphatic rings. The normalized spacial score (nSPS) is 16.4. The Hall–Kier alpha value is -3.39. The average Bonchev–Trinajstić information content (AvgIpc) is 3.14. The number of likely N-dealkylation sites (N-methyl/N-ethyl adjacent to an activating group) is 1. The smallest absolute Gasteiger partial charge is 0.407 e. The number of ether oxygens (including phenoxy) is 2. The number of carboxylic acid groups (broad SMARTS) is 1. The van der Waals surface area contributed by atoms with Crippen molar-refractivity contribution in [1.82, 2.24) is 10.2 Å². The molecule has 0 radical (unpaired) electrons. The number of carbonyl (C=O) groups is 3. The molecule has 1 saturated carbocycles. The van der Waals surface area contributed by atoms with E-state index < -0.39 is 23.7 Å². The Balaban J connectivity index is 1.32. The minimum absolute atomic E-state index is 0.0248. The summed E-state index contributed by atoms with van der Waals surface area (Å²) in [5.74, 6) is -1.34. The molecule has 35 heavy (non-hydrogen) atoms. The highest BCUT2D eigenvalue weighted by Gasteiger charge is 2.49. The lowest BCUT2D eigenvalue weighted by atomic mass is 9.75. The van der Waals surface area contributed by atoms with Gasteiger partial charge in [0, 0.05) is 26.1 Å². The molecule has 0 aliphatic heterocycles. The predicted molar refractivity (Wildman–Crippen MR) is 130 cm³/mol. The number of hydrogen-bond donors (Lipinski definition) is 2. The Morgan fingerprint density at radius 2 is 1.69 bits per heavy atom. The average molecular weight is 481 g/mol. The van der Waals surface area contributed by atoms with E-state index in [9.17, 15) is 19.5 Å². The van der Waals surface area contributed by atoms with Crippen LogP contribution >= 0.6 is 0 Å². The molecule has 0 saturated heterocycles. The van der Waals surface area contributed by atoms with Crippen LogP contribution in [0, 0.1) is 0 Å². The summed E-state index contributed by atoms with van der Waals surface area (Å²) in [6.45, 7) is 2.45. The standard InChI is InChI=1S/C27H32N2O6/c1-3-34-18(15-24(30)29(2)27(25(31)32)13-8-14-27)16-28-26(33)35-17-23-21-11-6-4-9-19(21)20-10-5-7-12-22(20)23/h4-7,9-12,18,23H,3,8,13-17H2,1-2H3,(H,28,33)(H,31,32). The molecule has 2 aromatic carbocycles. The van der Waals surface area contributed by atoms with Crippen molar-refractivity contribution < 1.29 is 29.0 Å². The van der Waals surface area contributed by atoms with E-state index in [-0.39, 0.29) is 31.4 Å². The number of nitrogens with zero attached hydrogens (tertiary/aromatic N) is 1. The van der Waals surface area contributed by atoms with Crippen molar-refractivity contribution in [2.75, 3.05) is 26.8 Å². The SMILES string of the molecule is CCOC(CNC(=O)OCC1c2ccccc2-c2ccccc21)CC(=O)N(C)C1(C(=O)O)CCC1. The molecule has 0 aromatic heterocycles. The van der Waals surface area contributed by atoms with Crippen LogP contribution in [0.15, 0.2) is 48.5 Å². The maximum Gasteiger partial charge on any atom is 0.407 e. The monoisotopic (exact) mass is 480 g/mol. The number of fused-ring (bicyclic) bond motifs is 3. The van der Waals surface area contributed by atoms with E-state index in [1.54, 1.807) is 6.92 Å². The van der Waals surface area contributed by atoms with Gasteiger partial charge in [-0.15, -0.1) is 0 Å². The molecule has 0 bridgehead atoms. The minimum atomic E-state index is -1.13. The Labute approximate surface area is 205 Å². The second kappa shape index (κ2) is 10.5. The molecule has 1 atom stereocenters. The zero-order valence-corrected chi connectivity index (χ0v) is 20.2. The summed E-state index contributed by atoms with van der Waals surface area (Å²) in [6, 6.07) is 16.2. The van der Waals surface area contributed by atoms with Gasteiger partial charge in [-0.05, 0) is 48.4 Å². The summed E-state index contributed by atoms with van der Waals surface area (Å²) in [5, 5.41) is 12.3. The lowest BCUT2D eigenvalue weighted by molar-refractivity contribution is -0.165. The summed E-state index contributed by atoms with van der Waals surface area (Å²) in [6.07, 6.45) is 0.481. The van der Waals surface area contributed by atoms with Gasteiger partial charge in [-0.3, -0.25) is 4.79 Å². The van der Waals surface area contributed by atoms with Crippen molar-refractivity contribution in [3.8, 4) is 11.1 Å². The number of benzene rings is 2. The topological polar surface area (TPSA) is 105 Å². The van der Waals surface area contributed by atoms with Gasteiger partial charge in [0.05, 0.1) is 12.5 Å². The molecule has 4 rings (SSSR count). The van der Waals surface area contributed by atoms with Gasteiger partial charge in [0.1, 0.15) is 12.1 Å². The second-order valence-corrected chi connectivity index (χ2v) is 9.13. The van der Waals surface area contributed by atoms with Gasteiger partial charge >= 0.3 is 12.1 Å². The fourth-order valence-electron chi connectivity index (χ4n) is 5.05. The van der Waals surface area contributed by atoms with Crippen molar-refractivity contribution in [2.24, 2.45) is 0 Å². The third kappa shape index (κ3) is 4.89. The quantitative estimate of drug-likeness (QED) is 0.536. The van der Waals surface area contributed by atoms with E-state index in [4.69, 9.17) is 9.47 Å². The molecular formula is C27H32N2O6. The first-order valence-corrected chi connectivity index (χ1v) is 12.1. The van der Waals surface area contributed by atoms with Gasteiger partial charge in [-0.2, -0.15) is 0 Å². The van der Waals surface area contributed by atoms with Crippen LogP contribution in [-0.2, 0) is 19.1 Å². The minimum Gasteiger partial charge on any atom is -0.479 e. The molecule has 8 heteroatoms. The van der Waals surface area contributed by atoms with Gasteiger partial charge in [0.25, 0.3) is 0 Å². The Kier molecular flexibility index (Phi) is 7.40. The molecule has 1 unspecified atom stereocenters. The van der Waals surface area contributed by atoms with Gasteiger partial charge in [0.15, 0.2) is 0 Å². The van der Waals surface area contributed by atoms with E-state index in [0.717, 1.165) is 28.7 Å². The number of amides is 2. The summed E-state index contributed by atoms with van der Waals surface area (Å²) < 4.78 is 11.2. The van der Waals surface area contributed by atoms with E-state index >= 15 is 0 Å². The molecule has 2 N–H and O–H groups in total. The third-order valence-electron chi connectivity index (χ3n) is 7.22. The Morgan fingerprint density at radius 3 is 2.20 bits per heavy atom. The fraction of sp³-hybridized carbons (Fsp3) is 0.444. The molecule has 1 fully saturated rings. The van der Waals surface area contributed by atoms with Gasteiger partial charge < -0.3 is 24.8 Å². The third-order valence-corrected chi connectivity index (χ3v) is 7.22. The first-order valence-electron chi connectivity index (χ1n) is 12.1. The largest absolute Gasteiger partial charge is 0.479 e. The Bertz CT molecular complexity index is 1050. The number of hydrogen-bond acceptors (Lipinski definition) is 5. The maximum absolute atomic E-state index is 12.8. The highest BCUT2D eigenvalue weighted by Crippen LogP contribution is 2.44. The first-order chi connectivity index (χ1) is 16.9. The maximum atomic E-state index is 12.8. The lowest BCUT2D eigenvalue weighted by Crippen LogP contribution is -2.60. The van der Waals surface area contributed by atoms with Crippen molar-refractivity contribution in [3.63, 3.8) is 0 Å². The number of rotatable bonds is 10. The van der Waals surface area contributed by atoms with Crippen LogP contribution in [0.5, 0.6) is 0 Å². The van der Waals surface area contributed by atoms with Gasteiger partial charge in [-0.25, -0.2) is 9.59 Å². The van der Waals surface area contributed by atoms with Crippen LogP contribution in [0.4, 0.5) is 4.79 Å². The number of carboxylic acids is 1. The summed E-state index contributed by atoms with van der Waals surface area (Å²) in [4.78, 5) is 38.3. The zero-order valence-electron chi connectivity index (χ0n) is 20.2. The van der Waals surface area contributed by atoms with Crippen molar-refractivity contribution in [3.05, 3.63) is 59.7 Å². The molecule has 0 spiro atoms. The Morgan fingerprint density at radius 1 is 1.09 bits per heavy atom. The highest BCUT2D eigenvalue weighted by atomic mass is 16.5. The van der Waals surface area contributed by atoms with Crippen LogP contribution in [0.25, 0.3) is 11.1 Å². The van der Waals surface area contributed by atoms with Crippen LogP contribution in [0.3, 0.4) is 0 Å². The lowest BCUT2D eigenvalue weighted by Gasteiger charge is -2.45. The summed E-state index contributed by atoms with van der Waals surface area (Å²) in [7, 11) is 1.53. The van der Waals surface area contributed by atoms with E-state index in [1.165, 1.54) is 11.9 Å². The summed E-state index contributed by atoms with van der Waals surface area (Å²) in [5.41, 5.74) is 3.44. The second-order valence-electron chi connectivity index (χ2n) is 9.13. The number of nitrogens with one attached hydrogen (secondary N) is 1. The van der Waals surface area contributed by atoms with E-state index in [1.807, 2.05) is 24.3 Å². The first kappa shape index (κ1) is 24.7. The van der Waals surface area contributed by atoms with Crippen LogP contribution in [-0.4, -0.2) is 66.4 Å². The highest BCUT2D eigenvalue weighted by molar-refractivity contribution is 5.88. The van der Waals surface area contributed by atoms with Crippen molar-refractivity contribution in [2.45, 2.75) is 50.2 Å². The molecule has 2 amide bonds. The van der Waals surface area contributed by atoms with Gasteiger partial charge in [0.2, 0.25) is 5.91 Å². The van der Waals surface area contributed by atoms with Crippen molar-refractivity contribution in [1.29, 1.82) is 0 Å². The van der Waals surface area contributed by atoms with Crippen LogP contribution in [0.2, 0.25) is 0 Å². The molecular weight excluding hydrogens is 448 g/mol. The van der Waals surface area contributed by atoms with E-state index in [2.05, 4.69) is 29.6 Å². The molecule has 0 heterocycles. The summed E-state index contributed by atoms with van der Waals surface area (Å²) >= 11 is 0. The fourth-order valence-corrected chi connectivity index (χ4v) is 5.05. The molecule has 2 aromatic rings. The predicted octanol–water partition coefficient (Wildman–Crippen LogP) is 3.79. The van der Waals surface area contributed by atoms with Crippen LogP contribution < -0.4 is 5.32 Å². The number of carbonyl (C=O) groups excluding carboxylic acids is 2. The van der Waals surface area contributed by atoms with E-state index in [0.29, 0.717) is 19.4 Å². The molecule has 8 nitrogen and oxygen atoms in total. The van der Waals surface area contributed by atoms with Gasteiger partial charge in [-0.1, -0.05) is 48.5 Å². The van der Waals surface area contributed by atoms with Crippen LogP contribution in [0.1, 0.15) is 49.7 Å². The van der Waals surface area contributed by atoms with Crippen molar-refractivity contribution >= 4 is 18.0 Å².